The van der Waals surface area contributed by atoms with E-state index in [-0.39, 0.29) is 25.5 Å². The van der Waals surface area contributed by atoms with Gasteiger partial charge in [-0.2, -0.15) is 4.31 Å². The van der Waals surface area contributed by atoms with E-state index in [2.05, 4.69) is 5.32 Å². The second kappa shape index (κ2) is 8.67. The molecule has 0 fully saturated rings. The third-order valence-electron chi connectivity index (χ3n) is 4.76. The van der Waals surface area contributed by atoms with Crippen LogP contribution in [0.2, 0.25) is 0 Å². The molecular weight excluding hydrogens is 379 g/mol. The van der Waals surface area contributed by atoms with Gasteiger partial charge in [-0.3, -0.25) is 4.79 Å². The Hall–Kier alpha value is -2.51. The van der Waals surface area contributed by atoms with Crippen LogP contribution in [0, 0.1) is 5.82 Å². The van der Waals surface area contributed by atoms with E-state index in [0.29, 0.717) is 17.7 Å². The lowest BCUT2D eigenvalue weighted by atomic mass is 9.98. The van der Waals surface area contributed by atoms with Crippen molar-refractivity contribution in [2.24, 2.45) is 0 Å². The minimum Gasteiger partial charge on any atom is -0.351 e. The zero-order valence-electron chi connectivity index (χ0n) is 15.7. The van der Waals surface area contributed by atoms with Gasteiger partial charge in [-0.1, -0.05) is 43.3 Å². The molecule has 7 heteroatoms. The fraction of sp³-hybridized carbons (Fsp3) is 0.286. The molecule has 0 heterocycles. The number of benzene rings is 2. The zero-order valence-corrected chi connectivity index (χ0v) is 16.5. The second-order valence-corrected chi connectivity index (χ2v) is 8.63. The highest BCUT2D eigenvalue weighted by atomic mass is 32.2. The van der Waals surface area contributed by atoms with Gasteiger partial charge in [0.05, 0.1) is 11.4 Å². The van der Waals surface area contributed by atoms with Gasteiger partial charge in [0.1, 0.15) is 5.82 Å². The largest absolute Gasteiger partial charge is 0.351 e. The van der Waals surface area contributed by atoms with Crippen LogP contribution in [-0.4, -0.2) is 31.7 Å². The highest BCUT2D eigenvalue weighted by Crippen LogP contribution is 2.28. The van der Waals surface area contributed by atoms with Crippen molar-refractivity contribution in [2.75, 3.05) is 13.1 Å². The Labute approximate surface area is 164 Å². The van der Waals surface area contributed by atoms with Crippen molar-refractivity contribution < 1.29 is 17.6 Å². The van der Waals surface area contributed by atoms with E-state index in [1.54, 1.807) is 25.1 Å². The van der Waals surface area contributed by atoms with Gasteiger partial charge in [-0.05, 0) is 47.7 Å². The van der Waals surface area contributed by atoms with Crippen LogP contribution in [0.3, 0.4) is 0 Å². The maximum Gasteiger partial charge on any atom is 0.239 e. The van der Waals surface area contributed by atoms with Crippen molar-refractivity contribution in [2.45, 2.75) is 26.3 Å². The SMILES string of the molecule is CCN(CC(=O)NCc1ccc(F)cc1)S(=O)(=O)C1=Cc2ccccc2CC1. The molecule has 0 bridgehead atoms. The summed E-state index contributed by atoms with van der Waals surface area (Å²) in [5, 5.41) is 2.69. The second-order valence-electron chi connectivity index (χ2n) is 6.64. The van der Waals surface area contributed by atoms with Crippen LogP contribution < -0.4 is 5.32 Å². The molecule has 28 heavy (non-hydrogen) atoms. The van der Waals surface area contributed by atoms with Crippen LogP contribution in [0.25, 0.3) is 6.08 Å². The summed E-state index contributed by atoms with van der Waals surface area (Å²) in [6.07, 6.45) is 2.79. The van der Waals surface area contributed by atoms with Crippen LogP contribution in [-0.2, 0) is 27.8 Å². The first kappa shape index (κ1) is 20.2. The summed E-state index contributed by atoms with van der Waals surface area (Å²) in [5.41, 5.74) is 2.78. The first-order valence-corrected chi connectivity index (χ1v) is 10.6. The molecule has 3 rings (SSSR count). The number of carbonyl (C=O) groups is 1. The van der Waals surface area contributed by atoms with Crippen molar-refractivity contribution in [3.8, 4) is 0 Å². The normalized spacial score (nSPS) is 13.8. The molecule has 0 saturated heterocycles. The summed E-state index contributed by atoms with van der Waals surface area (Å²) in [6.45, 7) is 1.87. The molecule has 2 aromatic rings. The standard InChI is InChI=1S/C21H23FN2O3S/c1-2-24(15-21(25)23-14-16-7-10-19(22)11-8-16)28(26,27)20-12-9-17-5-3-4-6-18(17)13-20/h3-8,10-11,13H,2,9,12,14-15H2,1H3,(H,23,25). The number of carbonyl (C=O) groups excluding carboxylic acids is 1. The summed E-state index contributed by atoms with van der Waals surface area (Å²) < 4.78 is 40.1. The Kier molecular flexibility index (Phi) is 6.26. The number of amides is 1. The molecule has 2 aromatic carbocycles. The molecule has 0 atom stereocenters. The quantitative estimate of drug-likeness (QED) is 0.774. The lowest BCUT2D eigenvalue weighted by Gasteiger charge is -2.24. The van der Waals surface area contributed by atoms with E-state index < -0.39 is 15.9 Å². The number of hydrogen-bond acceptors (Lipinski definition) is 3. The molecule has 0 aromatic heterocycles. The summed E-state index contributed by atoms with van der Waals surface area (Å²) in [5.74, 6) is -0.743. The van der Waals surface area contributed by atoms with Gasteiger partial charge in [0.15, 0.2) is 0 Å². The Morgan fingerprint density at radius 2 is 1.82 bits per heavy atom. The third kappa shape index (κ3) is 4.66. The average Bonchev–Trinajstić information content (AvgIpc) is 2.71. The molecular formula is C21H23FN2O3S. The van der Waals surface area contributed by atoms with E-state index in [0.717, 1.165) is 16.7 Å². The van der Waals surface area contributed by atoms with Crippen LogP contribution in [0.4, 0.5) is 4.39 Å². The zero-order chi connectivity index (χ0) is 20.1. The van der Waals surface area contributed by atoms with Gasteiger partial charge in [0.25, 0.3) is 0 Å². The minimum absolute atomic E-state index is 0.200. The van der Waals surface area contributed by atoms with Gasteiger partial charge in [-0.25, -0.2) is 12.8 Å². The third-order valence-corrected chi connectivity index (χ3v) is 6.81. The number of sulfonamides is 1. The number of allylic oxidation sites excluding steroid dienone is 1. The summed E-state index contributed by atoms with van der Waals surface area (Å²) in [6, 6.07) is 13.5. The van der Waals surface area contributed by atoms with Crippen LogP contribution in [0.5, 0.6) is 0 Å². The number of halogens is 1. The number of nitrogens with zero attached hydrogens (tertiary/aromatic N) is 1. The molecule has 148 valence electrons. The number of aryl methyl sites for hydroxylation is 1. The Balaban J connectivity index is 1.67. The van der Waals surface area contributed by atoms with Crippen molar-refractivity contribution in [1.82, 2.24) is 9.62 Å². The van der Waals surface area contributed by atoms with E-state index in [1.807, 2.05) is 24.3 Å². The lowest BCUT2D eigenvalue weighted by molar-refractivity contribution is -0.121. The van der Waals surface area contributed by atoms with Crippen LogP contribution >= 0.6 is 0 Å². The summed E-state index contributed by atoms with van der Waals surface area (Å²) in [4.78, 5) is 12.6. The predicted molar refractivity (Wildman–Crippen MR) is 107 cm³/mol. The molecule has 1 N–H and O–H groups in total. The molecule has 0 unspecified atom stereocenters. The van der Waals surface area contributed by atoms with E-state index in [1.165, 1.54) is 16.4 Å². The van der Waals surface area contributed by atoms with E-state index in [4.69, 9.17) is 0 Å². The molecule has 1 amide bonds. The molecule has 1 aliphatic rings. The molecule has 0 saturated carbocycles. The van der Waals surface area contributed by atoms with Gasteiger partial charge in [-0.15, -0.1) is 0 Å². The fourth-order valence-corrected chi connectivity index (χ4v) is 4.76. The summed E-state index contributed by atoms with van der Waals surface area (Å²) in [7, 11) is -3.72. The van der Waals surface area contributed by atoms with Crippen LogP contribution in [0.1, 0.15) is 30.0 Å². The molecule has 0 radical (unpaired) electrons. The fourth-order valence-electron chi connectivity index (χ4n) is 3.16. The number of likely N-dealkylation sites (N-methyl/N-ethyl adjacent to an activating group) is 1. The average molecular weight is 402 g/mol. The van der Waals surface area contributed by atoms with Crippen molar-refractivity contribution in [1.29, 1.82) is 0 Å². The number of hydrogen-bond donors (Lipinski definition) is 1. The summed E-state index contributed by atoms with van der Waals surface area (Å²) >= 11 is 0. The predicted octanol–water partition coefficient (Wildman–Crippen LogP) is 3.08. The molecule has 1 aliphatic carbocycles. The Morgan fingerprint density at radius 3 is 2.54 bits per heavy atom. The highest BCUT2D eigenvalue weighted by Gasteiger charge is 2.29. The smallest absolute Gasteiger partial charge is 0.239 e. The first-order valence-electron chi connectivity index (χ1n) is 9.20. The number of rotatable bonds is 7. The first-order chi connectivity index (χ1) is 13.4. The number of nitrogens with one attached hydrogen (secondary N) is 1. The highest BCUT2D eigenvalue weighted by molar-refractivity contribution is 7.93. The van der Waals surface area contributed by atoms with Crippen molar-refractivity contribution in [3.05, 3.63) is 75.9 Å². The Morgan fingerprint density at radius 1 is 1.11 bits per heavy atom. The van der Waals surface area contributed by atoms with Crippen molar-refractivity contribution >= 4 is 22.0 Å². The van der Waals surface area contributed by atoms with Gasteiger partial charge < -0.3 is 5.32 Å². The monoisotopic (exact) mass is 402 g/mol. The Bertz CT molecular complexity index is 985. The maximum atomic E-state index is 13.0. The maximum absolute atomic E-state index is 13.0. The van der Waals surface area contributed by atoms with Crippen molar-refractivity contribution in [3.63, 3.8) is 0 Å². The van der Waals surface area contributed by atoms with E-state index in [9.17, 15) is 17.6 Å². The van der Waals surface area contributed by atoms with Gasteiger partial charge in [0.2, 0.25) is 15.9 Å². The molecule has 0 spiro atoms. The van der Waals surface area contributed by atoms with Crippen LogP contribution in [0.15, 0.2) is 53.4 Å². The van der Waals surface area contributed by atoms with Gasteiger partial charge in [0, 0.05) is 13.1 Å². The van der Waals surface area contributed by atoms with Gasteiger partial charge >= 0.3 is 0 Å². The van der Waals surface area contributed by atoms with E-state index >= 15 is 0 Å². The molecule has 0 aliphatic heterocycles. The topological polar surface area (TPSA) is 66.5 Å². The minimum atomic E-state index is -3.72. The molecule has 5 nitrogen and oxygen atoms in total. The lowest BCUT2D eigenvalue weighted by Crippen LogP contribution is -2.41. The number of fused-ring (bicyclic) bond motifs is 1.